The molecule has 1 aromatic heterocycles. The van der Waals surface area contributed by atoms with Crippen molar-refractivity contribution in [1.82, 2.24) is 20.1 Å². The third kappa shape index (κ3) is 6.37. The Morgan fingerprint density at radius 1 is 1.02 bits per heavy atom. The number of carbonyl (C=O) groups excluding carboxylic acids is 3. The molecular formula is C32H42N4O6. The molecule has 1 heterocycles. The number of ketones is 1. The summed E-state index contributed by atoms with van der Waals surface area (Å²) < 4.78 is 5.53. The van der Waals surface area contributed by atoms with E-state index in [0.717, 1.165) is 24.8 Å². The van der Waals surface area contributed by atoms with E-state index >= 15 is 0 Å². The van der Waals surface area contributed by atoms with E-state index in [1.165, 1.54) is 25.5 Å². The van der Waals surface area contributed by atoms with Crippen LogP contribution in [-0.4, -0.2) is 68.9 Å². The lowest BCUT2D eigenvalue weighted by molar-refractivity contribution is -0.0667. The Morgan fingerprint density at radius 2 is 1.64 bits per heavy atom. The van der Waals surface area contributed by atoms with Gasteiger partial charge in [0.15, 0.2) is 5.69 Å². The highest BCUT2D eigenvalue weighted by Gasteiger charge is 2.54. The average Bonchev–Trinajstić information content (AvgIpc) is 3.44. The number of nitrogens with zero attached hydrogens (tertiary/aromatic N) is 3. The number of oxazole rings is 1. The molecule has 0 radical (unpaired) electrons. The molecule has 4 saturated carbocycles. The van der Waals surface area contributed by atoms with Crippen molar-refractivity contribution in [3.8, 4) is 0 Å². The minimum atomic E-state index is -1.39. The highest BCUT2D eigenvalue weighted by Crippen LogP contribution is 2.57. The van der Waals surface area contributed by atoms with Gasteiger partial charge in [-0.1, -0.05) is 44.2 Å². The third-order valence-corrected chi connectivity index (χ3v) is 9.54. The van der Waals surface area contributed by atoms with Crippen molar-refractivity contribution in [2.45, 2.75) is 83.2 Å². The summed E-state index contributed by atoms with van der Waals surface area (Å²) in [7, 11) is 1.84. The lowest BCUT2D eigenvalue weighted by Gasteiger charge is -2.59. The summed E-state index contributed by atoms with van der Waals surface area (Å²) >= 11 is 0. The molecule has 4 bridgehead atoms. The molecule has 1 aromatic carbocycles. The molecule has 0 aliphatic heterocycles. The number of hydrogen-bond acceptors (Lipinski definition) is 6. The fourth-order valence-electron chi connectivity index (χ4n) is 7.62. The zero-order chi connectivity index (χ0) is 30.0. The number of aromatic nitrogens is 1. The SMILES string of the molecule is CC(C)CCN(C(=O)O)C(=O)N[C@@H](CCc1ccccc1)C(=O)c1nc(C(=O)N(C)C23CC4CC(CC(C4)C2)C3)co1. The van der Waals surface area contributed by atoms with Crippen LogP contribution >= 0.6 is 0 Å². The van der Waals surface area contributed by atoms with Gasteiger partial charge in [0, 0.05) is 19.1 Å². The van der Waals surface area contributed by atoms with Gasteiger partial charge in [0.25, 0.3) is 11.8 Å². The van der Waals surface area contributed by atoms with Crippen molar-refractivity contribution in [3.63, 3.8) is 0 Å². The normalized spacial score (nSPS) is 24.8. The average molecular weight is 579 g/mol. The molecular weight excluding hydrogens is 536 g/mol. The maximum atomic E-state index is 13.6. The van der Waals surface area contributed by atoms with E-state index in [1.54, 1.807) is 0 Å². The molecule has 6 rings (SSSR count). The number of carbonyl (C=O) groups is 4. The van der Waals surface area contributed by atoms with Gasteiger partial charge in [-0.25, -0.2) is 19.5 Å². The molecule has 42 heavy (non-hydrogen) atoms. The molecule has 226 valence electrons. The summed E-state index contributed by atoms with van der Waals surface area (Å²) in [5.41, 5.74) is 0.853. The van der Waals surface area contributed by atoms with Crippen LogP contribution < -0.4 is 5.32 Å². The standard InChI is InChI=1S/C32H42N4O6/c1-20(2)11-12-36(31(40)41)30(39)34-25(10-9-21-7-5-4-6-8-21)27(37)28-33-26(19-42-28)29(38)35(3)32-16-22-13-23(17-32)15-24(14-22)18-32/h4-8,19-20,22-25H,9-18H2,1-3H3,(H,34,39)(H,40,41)/t22?,23?,24?,25-,32?/m0/s1. The van der Waals surface area contributed by atoms with Crippen LogP contribution in [0.5, 0.6) is 0 Å². The fraction of sp³-hybridized carbons (Fsp3) is 0.594. The fourth-order valence-corrected chi connectivity index (χ4v) is 7.62. The number of aryl methyl sites for hydroxylation is 1. The third-order valence-electron chi connectivity index (χ3n) is 9.54. The zero-order valence-electron chi connectivity index (χ0n) is 24.8. The van der Waals surface area contributed by atoms with Crippen molar-refractivity contribution < 1.29 is 28.7 Å². The Hall–Kier alpha value is -3.69. The molecule has 10 nitrogen and oxygen atoms in total. The number of benzene rings is 1. The summed E-state index contributed by atoms with van der Waals surface area (Å²) in [5.74, 6) is 1.04. The van der Waals surface area contributed by atoms with Gasteiger partial charge in [-0.3, -0.25) is 9.59 Å². The largest absolute Gasteiger partial charge is 0.465 e. The van der Waals surface area contributed by atoms with Crippen LogP contribution in [0.3, 0.4) is 0 Å². The Labute approximate surface area is 246 Å². The van der Waals surface area contributed by atoms with Crippen LogP contribution in [0.1, 0.15) is 92.0 Å². The van der Waals surface area contributed by atoms with Gasteiger partial charge in [0.05, 0.1) is 6.04 Å². The number of carboxylic acid groups (broad SMARTS) is 1. The quantitative estimate of drug-likeness (QED) is 0.330. The minimum absolute atomic E-state index is 0.00668. The van der Waals surface area contributed by atoms with Crippen molar-refractivity contribution in [2.24, 2.45) is 23.7 Å². The number of rotatable bonds is 11. The van der Waals surface area contributed by atoms with Crippen LogP contribution in [0.25, 0.3) is 0 Å². The van der Waals surface area contributed by atoms with Crippen LogP contribution in [0.15, 0.2) is 41.0 Å². The summed E-state index contributed by atoms with van der Waals surface area (Å²) in [6.07, 6.45) is 7.78. The first-order chi connectivity index (χ1) is 20.0. The summed E-state index contributed by atoms with van der Waals surface area (Å²) in [4.78, 5) is 58.9. The molecule has 0 spiro atoms. The Morgan fingerprint density at radius 3 is 2.21 bits per heavy atom. The molecule has 4 aliphatic rings. The number of urea groups is 1. The molecule has 2 aromatic rings. The van der Waals surface area contributed by atoms with Crippen molar-refractivity contribution >= 4 is 23.8 Å². The molecule has 4 aliphatic carbocycles. The van der Waals surface area contributed by atoms with Gasteiger partial charge in [-0.2, -0.15) is 0 Å². The second kappa shape index (κ2) is 12.3. The highest BCUT2D eigenvalue weighted by molar-refractivity contribution is 6.01. The monoisotopic (exact) mass is 578 g/mol. The van der Waals surface area contributed by atoms with E-state index < -0.39 is 23.9 Å². The number of nitrogens with one attached hydrogen (secondary N) is 1. The van der Waals surface area contributed by atoms with Gasteiger partial charge in [0.2, 0.25) is 5.78 Å². The Bertz CT molecular complexity index is 1270. The van der Waals surface area contributed by atoms with Crippen molar-refractivity contribution in [1.29, 1.82) is 0 Å². The van der Waals surface area contributed by atoms with Gasteiger partial charge < -0.3 is 19.7 Å². The number of Topliss-reactive ketones (excluding diaryl/α,β-unsaturated/α-hetero) is 1. The van der Waals surface area contributed by atoms with Gasteiger partial charge in [0.1, 0.15) is 6.26 Å². The van der Waals surface area contributed by atoms with Crippen LogP contribution in [-0.2, 0) is 6.42 Å². The van der Waals surface area contributed by atoms with Crippen LogP contribution in [0, 0.1) is 23.7 Å². The molecule has 0 unspecified atom stereocenters. The van der Waals surface area contributed by atoms with Crippen molar-refractivity contribution in [2.75, 3.05) is 13.6 Å². The topological polar surface area (TPSA) is 133 Å². The number of amides is 4. The highest BCUT2D eigenvalue weighted by atomic mass is 16.4. The number of imide groups is 1. The lowest BCUT2D eigenvalue weighted by atomic mass is 9.52. The lowest BCUT2D eigenvalue weighted by Crippen LogP contribution is -2.60. The van der Waals surface area contributed by atoms with E-state index in [4.69, 9.17) is 4.42 Å². The predicted molar refractivity (Wildman–Crippen MR) is 155 cm³/mol. The molecule has 2 N–H and O–H groups in total. The van der Waals surface area contributed by atoms with Gasteiger partial charge >= 0.3 is 12.1 Å². The molecule has 1 atom stereocenters. The van der Waals surface area contributed by atoms with Crippen LogP contribution in [0.4, 0.5) is 9.59 Å². The maximum Gasteiger partial charge on any atom is 0.415 e. The van der Waals surface area contributed by atoms with Gasteiger partial charge in [-0.05, 0) is 87.0 Å². The van der Waals surface area contributed by atoms with E-state index in [1.807, 2.05) is 56.1 Å². The van der Waals surface area contributed by atoms with Crippen LogP contribution in [0.2, 0.25) is 0 Å². The minimum Gasteiger partial charge on any atom is -0.465 e. The van der Waals surface area contributed by atoms with Crippen molar-refractivity contribution in [3.05, 3.63) is 53.7 Å². The van der Waals surface area contributed by atoms with E-state index in [-0.39, 0.29) is 41.9 Å². The zero-order valence-corrected chi connectivity index (χ0v) is 24.8. The van der Waals surface area contributed by atoms with Gasteiger partial charge in [-0.15, -0.1) is 0 Å². The second-order valence-corrected chi connectivity index (χ2v) is 13.1. The number of hydrogen-bond donors (Lipinski definition) is 2. The molecule has 0 saturated heterocycles. The van der Waals surface area contributed by atoms with E-state index in [2.05, 4.69) is 10.3 Å². The molecule has 4 amide bonds. The first-order valence-corrected chi connectivity index (χ1v) is 15.2. The molecule has 10 heteroatoms. The second-order valence-electron chi connectivity index (χ2n) is 13.1. The summed E-state index contributed by atoms with van der Waals surface area (Å²) in [6.45, 7) is 3.88. The first kappa shape index (κ1) is 29.8. The maximum absolute atomic E-state index is 13.6. The Kier molecular flexibility index (Phi) is 8.70. The Balaban J connectivity index is 1.31. The molecule has 4 fully saturated rings. The van der Waals surface area contributed by atoms with E-state index in [0.29, 0.717) is 35.5 Å². The smallest absolute Gasteiger partial charge is 0.415 e. The first-order valence-electron chi connectivity index (χ1n) is 15.2. The summed E-state index contributed by atoms with van der Waals surface area (Å²) in [5, 5.41) is 12.2. The predicted octanol–water partition coefficient (Wildman–Crippen LogP) is 5.64. The van der Waals surface area contributed by atoms with E-state index in [9.17, 15) is 24.3 Å². The summed E-state index contributed by atoms with van der Waals surface area (Å²) in [6, 6.07) is 7.51.